The molecule has 1 atom stereocenters. The molecule has 1 N–H and O–H groups in total. The van der Waals surface area contributed by atoms with Crippen LogP contribution in [0.1, 0.15) is 12.8 Å². The molecule has 0 aliphatic carbocycles. The lowest BCUT2D eigenvalue weighted by Crippen LogP contribution is -2.35. The van der Waals surface area contributed by atoms with Crippen LogP contribution in [-0.4, -0.2) is 33.0 Å². The highest BCUT2D eigenvalue weighted by molar-refractivity contribution is 7.09. The van der Waals surface area contributed by atoms with E-state index < -0.39 is 12.0 Å². The van der Waals surface area contributed by atoms with Crippen molar-refractivity contribution in [1.29, 1.82) is 0 Å². The smallest absolute Gasteiger partial charge is 0.326 e. The molecule has 0 unspecified atom stereocenters. The van der Waals surface area contributed by atoms with Crippen molar-refractivity contribution < 1.29 is 9.90 Å². The monoisotopic (exact) mass is 275 g/mol. The molecule has 1 saturated heterocycles. The first-order chi connectivity index (χ1) is 9.25. The summed E-state index contributed by atoms with van der Waals surface area (Å²) < 4.78 is 4.32. The topological polar surface area (TPSA) is 66.3 Å². The van der Waals surface area contributed by atoms with Crippen LogP contribution < -0.4 is 4.90 Å². The predicted molar refractivity (Wildman–Crippen MR) is 73.3 cm³/mol. The van der Waals surface area contributed by atoms with Gasteiger partial charge in [0.25, 0.3) is 0 Å². The fourth-order valence-electron chi connectivity index (χ4n) is 2.29. The fourth-order valence-corrected chi connectivity index (χ4v) is 3.05. The number of rotatable bonds is 3. The Morgan fingerprint density at radius 2 is 2.16 bits per heavy atom. The summed E-state index contributed by atoms with van der Waals surface area (Å²) in [5.41, 5.74) is 0.955. The molecule has 1 fully saturated rings. The van der Waals surface area contributed by atoms with Crippen molar-refractivity contribution in [2.75, 3.05) is 11.4 Å². The average molecular weight is 275 g/mol. The number of benzene rings is 1. The summed E-state index contributed by atoms with van der Waals surface area (Å²) in [6.07, 6.45) is 1.56. The summed E-state index contributed by atoms with van der Waals surface area (Å²) in [4.78, 5) is 17.5. The first kappa shape index (κ1) is 12.1. The molecule has 1 aromatic carbocycles. The Labute approximate surface area is 114 Å². The number of carboxylic acids is 1. The van der Waals surface area contributed by atoms with Gasteiger partial charge < -0.3 is 10.0 Å². The van der Waals surface area contributed by atoms with Crippen LogP contribution in [0.2, 0.25) is 0 Å². The predicted octanol–water partition coefficient (Wildman–Crippen LogP) is 2.26. The summed E-state index contributed by atoms with van der Waals surface area (Å²) in [6.45, 7) is 0.736. The van der Waals surface area contributed by atoms with Gasteiger partial charge in [0.1, 0.15) is 6.04 Å². The number of carboxylic acid groups (broad SMARTS) is 1. The van der Waals surface area contributed by atoms with Crippen LogP contribution in [0.5, 0.6) is 0 Å². The SMILES string of the molecule is O=C(O)[C@H]1CCCN1c1nc(-c2ccccc2)ns1. The van der Waals surface area contributed by atoms with Crippen LogP contribution in [0.4, 0.5) is 5.13 Å². The van der Waals surface area contributed by atoms with E-state index in [1.54, 1.807) is 0 Å². The van der Waals surface area contributed by atoms with E-state index in [4.69, 9.17) is 0 Å². The van der Waals surface area contributed by atoms with Gasteiger partial charge in [-0.2, -0.15) is 9.36 Å². The van der Waals surface area contributed by atoms with Crippen LogP contribution in [0.15, 0.2) is 30.3 Å². The quantitative estimate of drug-likeness (QED) is 0.930. The highest BCUT2D eigenvalue weighted by Gasteiger charge is 2.32. The lowest BCUT2D eigenvalue weighted by atomic mass is 10.2. The minimum atomic E-state index is -0.783. The Bertz CT molecular complexity index is 585. The van der Waals surface area contributed by atoms with Crippen LogP contribution in [-0.2, 0) is 4.79 Å². The molecule has 0 radical (unpaired) electrons. The lowest BCUT2D eigenvalue weighted by Gasteiger charge is -2.19. The van der Waals surface area contributed by atoms with Gasteiger partial charge in [-0.05, 0) is 12.8 Å². The van der Waals surface area contributed by atoms with E-state index in [1.807, 2.05) is 35.2 Å². The average Bonchev–Trinajstić information content (AvgIpc) is 3.08. The molecule has 19 heavy (non-hydrogen) atoms. The largest absolute Gasteiger partial charge is 0.480 e. The highest BCUT2D eigenvalue weighted by atomic mass is 32.1. The maximum atomic E-state index is 11.2. The third-order valence-corrected chi connectivity index (χ3v) is 3.98. The second-order valence-electron chi connectivity index (χ2n) is 4.46. The minimum Gasteiger partial charge on any atom is -0.480 e. The summed E-state index contributed by atoms with van der Waals surface area (Å²) in [7, 11) is 0. The Balaban J connectivity index is 1.87. The van der Waals surface area contributed by atoms with Gasteiger partial charge >= 0.3 is 5.97 Å². The molecule has 0 bridgehead atoms. The number of anilines is 1. The Morgan fingerprint density at radius 3 is 2.89 bits per heavy atom. The molecule has 98 valence electrons. The van der Waals surface area contributed by atoms with E-state index in [0.717, 1.165) is 18.5 Å². The van der Waals surface area contributed by atoms with Gasteiger partial charge in [-0.25, -0.2) is 4.79 Å². The molecule has 0 saturated carbocycles. The first-order valence-corrected chi connectivity index (χ1v) is 6.91. The normalized spacial score (nSPS) is 18.7. The van der Waals surface area contributed by atoms with Gasteiger partial charge in [0.15, 0.2) is 5.82 Å². The molecule has 1 aromatic heterocycles. The first-order valence-electron chi connectivity index (χ1n) is 6.14. The molecule has 2 aromatic rings. The minimum absolute atomic E-state index is 0.462. The number of hydrogen-bond acceptors (Lipinski definition) is 5. The summed E-state index contributed by atoms with van der Waals surface area (Å²) in [5, 5.41) is 9.88. The van der Waals surface area contributed by atoms with E-state index in [9.17, 15) is 9.90 Å². The third kappa shape index (κ3) is 2.31. The summed E-state index contributed by atoms with van der Waals surface area (Å²) in [5.74, 6) is -0.120. The van der Waals surface area contributed by atoms with Gasteiger partial charge in [0.2, 0.25) is 5.13 Å². The van der Waals surface area contributed by atoms with Crippen molar-refractivity contribution in [1.82, 2.24) is 9.36 Å². The fraction of sp³-hybridized carbons (Fsp3) is 0.308. The maximum Gasteiger partial charge on any atom is 0.326 e. The zero-order valence-electron chi connectivity index (χ0n) is 10.2. The number of hydrogen-bond donors (Lipinski definition) is 1. The summed E-state index contributed by atoms with van der Waals surface area (Å²) in [6, 6.07) is 9.25. The highest BCUT2D eigenvalue weighted by Crippen LogP contribution is 2.29. The molecular formula is C13H13N3O2S. The molecule has 5 nitrogen and oxygen atoms in total. The number of aromatic nitrogens is 2. The van der Waals surface area contributed by atoms with E-state index in [2.05, 4.69) is 9.36 Å². The van der Waals surface area contributed by atoms with Gasteiger partial charge in [0.05, 0.1) is 0 Å². The molecule has 1 aliphatic rings. The zero-order valence-corrected chi connectivity index (χ0v) is 11.0. The van der Waals surface area contributed by atoms with Crippen molar-refractivity contribution >= 4 is 22.6 Å². The van der Waals surface area contributed by atoms with Crippen molar-refractivity contribution in [3.63, 3.8) is 0 Å². The van der Waals surface area contributed by atoms with E-state index in [1.165, 1.54) is 11.5 Å². The zero-order chi connectivity index (χ0) is 13.2. The van der Waals surface area contributed by atoms with Crippen molar-refractivity contribution in [3.8, 4) is 11.4 Å². The molecule has 1 aliphatic heterocycles. The standard InChI is InChI=1S/C13H13N3O2S/c17-12(18)10-7-4-8-16(10)13-14-11(15-19-13)9-5-2-1-3-6-9/h1-3,5-6,10H,4,7-8H2,(H,17,18)/t10-/m1/s1. The van der Waals surface area contributed by atoms with Crippen LogP contribution in [0.3, 0.4) is 0 Å². The maximum absolute atomic E-state index is 11.2. The molecule has 6 heteroatoms. The van der Waals surface area contributed by atoms with Gasteiger partial charge in [-0.15, -0.1) is 0 Å². The van der Waals surface area contributed by atoms with Crippen LogP contribution in [0, 0.1) is 0 Å². The van der Waals surface area contributed by atoms with Crippen molar-refractivity contribution in [2.24, 2.45) is 0 Å². The molecule has 2 heterocycles. The molecule has 3 rings (SSSR count). The lowest BCUT2D eigenvalue weighted by molar-refractivity contribution is -0.138. The number of carbonyl (C=O) groups is 1. The van der Waals surface area contributed by atoms with E-state index >= 15 is 0 Å². The van der Waals surface area contributed by atoms with Crippen LogP contribution in [0.25, 0.3) is 11.4 Å². The van der Waals surface area contributed by atoms with Crippen molar-refractivity contribution in [2.45, 2.75) is 18.9 Å². The number of nitrogens with zero attached hydrogens (tertiary/aromatic N) is 3. The third-order valence-electron chi connectivity index (χ3n) is 3.23. The second-order valence-corrected chi connectivity index (χ2v) is 5.19. The Kier molecular flexibility index (Phi) is 3.16. The Morgan fingerprint density at radius 1 is 1.37 bits per heavy atom. The summed E-state index contributed by atoms with van der Waals surface area (Å²) >= 11 is 1.26. The van der Waals surface area contributed by atoms with Gasteiger partial charge in [0, 0.05) is 23.6 Å². The molecule has 0 spiro atoms. The van der Waals surface area contributed by atoms with Crippen molar-refractivity contribution in [3.05, 3.63) is 30.3 Å². The van der Waals surface area contributed by atoms with Crippen LogP contribution >= 0.6 is 11.5 Å². The van der Waals surface area contributed by atoms with E-state index in [-0.39, 0.29) is 0 Å². The van der Waals surface area contributed by atoms with Gasteiger partial charge in [-0.3, -0.25) is 0 Å². The van der Waals surface area contributed by atoms with Gasteiger partial charge in [-0.1, -0.05) is 30.3 Å². The van der Waals surface area contributed by atoms with E-state index in [0.29, 0.717) is 17.4 Å². The number of aliphatic carboxylic acids is 1. The molecular weight excluding hydrogens is 262 g/mol. The second kappa shape index (κ2) is 4.97. The Hall–Kier alpha value is -1.95. The molecule has 0 amide bonds.